The van der Waals surface area contributed by atoms with E-state index in [4.69, 9.17) is 9.98 Å². The van der Waals surface area contributed by atoms with Gasteiger partial charge in [0.05, 0.1) is 0 Å². The number of amidine groups is 2. The molecule has 48 heavy (non-hydrogen) atoms. The SMILES string of the molecule is CC1=C(C2=NC(C3C=CC=CC3)NC(C3=CC=CC(C4=C5CCCCC5=C(c5ccc(C6=CC=CCC6)cc5)CC4)C3)=N2)CCCC=C1. The molecule has 1 aliphatic heterocycles. The predicted molar refractivity (Wildman–Crippen MR) is 204 cm³/mol. The van der Waals surface area contributed by atoms with Crippen molar-refractivity contribution in [2.45, 2.75) is 96.6 Å². The molecule has 8 rings (SSSR count). The third kappa shape index (κ3) is 6.44. The largest absolute Gasteiger partial charge is 0.348 e. The molecule has 0 bridgehead atoms. The van der Waals surface area contributed by atoms with Gasteiger partial charge >= 0.3 is 0 Å². The van der Waals surface area contributed by atoms with Crippen LogP contribution < -0.4 is 5.32 Å². The first-order valence-corrected chi connectivity index (χ1v) is 18.6. The molecule has 1 aromatic carbocycles. The fourth-order valence-corrected chi connectivity index (χ4v) is 8.76. The summed E-state index contributed by atoms with van der Waals surface area (Å²) in [7, 11) is 0. The van der Waals surface area contributed by atoms with Gasteiger partial charge in [0.1, 0.15) is 12.0 Å². The molecule has 0 radical (unpaired) electrons. The minimum Gasteiger partial charge on any atom is -0.348 e. The van der Waals surface area contributed by atoms with Gasteiger partial charge in [-0.3, -0.25) is 0 Å². The Bertz CT molecular complexity index is 1820. The molecule has 7 aliphatic rings. The molecule has 3 unspecified atom stereocenters. The van der Waals surface area contributed by atoms with Gasteiger partial charge in [-0.05, 0) is 141 Å². The van der Waals surface area contributed by atoms with Crippen molar-refractivity contribution in [1.82, 2.24) is 5.32 Å². The molecule has 3 heteroatoms. The number of fused-ring (bicyclic) bond motifs is 1. The van der Waals surface area contributed by atoms with Crippen molar-refractivity contribution in [3.8, 4) is 0 Å². The normalized spacial score (nSPS) is 27.2. The van der Waals surface area contributed by atoms with Gasteiger partial charge in [0.15, 0.2) is 5.84 Å². The molecule has 3 nitrogen and oxygen atoms in total. The van der Waals surface area contributed by atoms with Crippen molar-refractivity contribution < 1.29 is 0 Å². The van der Waals surface area contributed by atoms with Crippen molar-refractivity contribution in [3.63, 3.8) is 0 Å². The van der Waals surface area contributed by atoms with Crippen LogP contribution in [0.2, 0.25) is 0 Å². The maximum absolute atomic E-state index is 5.31. The van der Waals surface area contributed by atoms with Gasteiger partial charge in [0, 0.05) is 11.8 Å². The Morgan fingerprint density at radius 3 is 2.33 bits per heavy atom. The summed E-state index contributed by atoms with van der Waals surface area (Å²) in [6, 6.07) is 9.52. The van der Waals surface area contributed by atoms with Crippen LogP contribution in [0.15, 0.2) is 141 Å². The Labute approximate surface area is 287 Å². The van der Waals surface area contributed by atoms with Crippen LogP contribution in [-0.4, -0.2) is 17.8 Å². The number of nitrogens with zero attached hydrogens (tertiary/aromatic N) is 2. The highest BCUT2D eigenvalue weighted by molar-refractivity contribution is 6.13. The van der Waals surface area contributed by atoms with E-state index in [1.54, 1.807) is 22.3 Å². The van der Waals surface area contributed by atoms with E-state index in [-0.39, 0.29) is 6.17 Å². The molecule has 1 N–H and O–H groups in total. The summed E-state index contributed by atoms with van der Waals surface area (Å²) in [6.45, 7) is 2.23. The zero-order valence-electron chi connectivity index (χ0n) is 28.6. The average Bonchev–Trinajstić information content (AvgIpc) is 3.39. The van der Waals surface area contributed by atoms with Gasteiger partial charge in [-0.15, -0.1) is 0 Å². The van der Waals surface area contributed by atoms with E-state index in [2.05, 4.69) is 109 Å². The van der Waals surface area contributed by atoms with Gasteiger partial charge < -0.3 is 5.32 Å². The van der Waals surface area contributed by atoms with Crippen molar-refractivity contribution >= 4 is 22.8 Å². The molecule has 6 aliphatic carbocycles. The first kappa shape index (κ1) is 31.1. The van der Waals surface area contributed by atoms with E-state index in [0.29, 0.717) is 11.8 Å². The Morgan fingerprint density at radius 2 is 1.50 bits per heavy atom. The highest BCUT2D eigenvalue weighted by Crippen LogP contribution is 2.47. The zero-order chi connectivity index (χ0) is 32.3. The van der Waals surface area contributed by atoms with E-state index in [1.165, 1.54) is 59.1 Å². The lowest BCUT2D eigenvalue weighted by molar-refractivity contribution is 0.474. The summed E-state index contributed by atoms with van der Waals surface area (Å²) >= 11 is 0. The van der Waals surface area contributed by atoms with Crippen LogP contribution in [0.3, 0.4) is 0 Å². The molecule has 244 valence electrons. The second-order valence-electron chi connectivity index (χ2n) is 14.5. The van der Waals surface area contributed by atoms with Crippen LogP contribution in [-0.2, 0) is 0 Å². The van der Waals surface area contributed by atoms with Gasteiger partial charge in [0.2, 0.25) is 0 Å². The molecule has 3 atom stereocenters. The van der Waals surface area contributed by atoms with Crippen molar-refractivity contribution in [2.75, 3.05) is 0 Å². The van der Waals surface area contributed by atoms with E-state index in [0.717, 1.165) is 69.5 Å². The highest BCUT2D eigenvalue weighted by Gasteiger charge is 2.32. The topological polar surface area (TPSA) is 36.8 Å². The van der Waals surface area contributed by atoms with E-state index in [1.807, 2.05) is 0 Å². The van der Waals surface area contributed by atoms with E-state index < -0.39 is 0 Å². The fourth-order valence-electron chi connectivity index (χ4n) is 8.76. The van der Waals surface area contributed by atoms with Gasteiger partial charge in [0.25, 0.3) is 0 Å². The Balaban J connectivity index is 1.08. The monoisotopic (exact) mass is 631 g/mol. The maximum Gasteiger partial charge on any atom is 0.155 e. The summed E-state index contributed by atoms with van der Waals surface area (Å²) in [4.78, 5) is 10.6. The molecule has 0 amide bonds. The van der Waals surface area contributed by atoms with Crippen LogP contribution in [0, 0.1) is 11.8 Å². The van der Waals surface area contributed by atoms with Crippen LogP contribution in [0.4, 0.5) is 0 Å². The second-order valence-corrected chi connectivity index (χ2v) is 14.5. The summed E-state index contributed by atoms with van der Waals surface area (Å²) < 4.78 is 0. The van der Waals surface area contributed by atoms with Crippen LogP contribution in [0.5, 0.6) is 0 Å². The third-order valence-corrected chi connectivity index (χ3v) is 11.4. The first-order valence-electron chi connectivity index (χ1n) is 18.6. The first-order chi connectivity index (χ1) is 23.7. The standard InChI is InChI=1S/C45H49N3/c1-31-14-5-2-10-21-38(31)45-47-43(35-17-8-4-9-18-35)46-44(48-45)37-20-13-19-36(30-37)40-29-28-39(41-22-11-12-23-42(40)41)34-26-24-33(25-27-34)32-15-6-3-7-16-32/h3-6,8-9,13-15,17,19-20,24-27,35-36,43H,2,7,10-12,16,18,21-23,28-30H2,1H3,(H,46,47,48). The quantitative estimate of drug-likeness (QED) is 0.333. The molecule has 0 spiro atoms. The predicted octanol–water partition coefficient (Wildman–Crippen LogP) is 11.3. The summed E-state index contributed by atoms with van der Waals surface area (Å²) in [5.41, 5.74) is 14.8. The number of benzene rings is 1. The number of allylic oxidation sites excluding steroid dienone is 17. The number of rotatable bonds is 6. The lowest BCUT2D eigenvalue weighted by atomic mass is 9.71. The zero-order valence-corrected chi connectivity index (χ0v) is 28.6. The molecule has 0 saturated heterocycles. The van der Waals surface area contributed by atoms with Gasteiger partial charge in [-0.25, -0.2) is 9.98 Å². The Hall–Kier alpha value is -4.24. The Morgan fingerprint density at radius 1 is 0.667 bits per heavy atom. The smallest absolute Gasteiger partial charge is 0.155 e. The number of aliphatic imine (C=N–C) groups is 2. The molecular weight excluding hydrogens is 583 g/mol. The molecule has 1 saturated carbocycles. The maximum atomic E-state index is 5.31. The van der Waals surface area contributed by atoms with Gasteiger partial charge in [-0.1, -0.05) is 103 Å². The molecule has 0 aromatic heterocycles. The van der Waals surface area contributed by atoms with E-state index in [9.17, 15) is 0 Å². The summed E-state index contributed by atoms with van der Waals surface area (Å²) in [5.74, 6) is 2.72. The molecule has 1 fully saturated rings. The molecule has 1 heterocycles. The average molecular weight is 632 g/mol. The minimum atomic E-state index is -0.00380. The van der Waals surface area contributed by atoms with Gasteiger partial charge in [-0.2, -0.15) is 0 Å². The summed E-state index contributed by atoms with van der Waals surface area (Å²) in [6.07, 6.45) is 42.3. The van der Waals surface area contributed by atoms with E-state index >= 15 is 0 Å². The number of nitrogens with one attached hydrogen (secondary N) is 1. The molecule has 1 aromatic rings. The van der Waals surface area contributed by atoms with Crippen LogP contribution >= 0.6 is 0 Å². The van der Waals surface area contributed by atoms with Crippen molar-refractivity contribution in [2.24, 2.45) is 21.8 Å². The van der Waals surface area contributed by atoms with Crippen molar-refractivity contribution in [3.05, 3.63) is 142 Å². The van der Waals surface area contributed by atoms with Crippen LogP contribution in [0.1, 0.15) is 102 Å². The highest BCUT2D eigenvalue weighted by atomic mass is 15.2. The van der Waals surface area contributed by atoms with Crippen molar-refractivity contribution in [1.29, 1.82) is 0 Å². The number of hydrogen-bond donors (Lipinski definition) is 1. The summed E-state index contributed by atoms with van der Waals surface area (Å²) in [5, 5.41) is 3.83. The minimum absolute atomic E-state index is 0.00380. The van der Waals surface area contributed by atoms with Crippen LogP contribution in [0.25, 0.3) is 11.1 Å². The number of hydrogen-bond acceptors (Lipinski definition) is 3. The lowest BCUT2D eigenvalue weighted by Gasteiger charge is -2.35. The third-order valence-electron chi connectivity index (χ3n) is 11.4. The Kier molecular flexibility index (Phi) is 9.11. The fraction of sp³-hybridized carbons (Fsp3) is 0.378. The molecular formula is C45H49N3. The lowest BCUT2D eigenvalue weighted by Crippen LogP contribution is -2.44. The second kappa shape index (κ2) is 14.1.